The number of nitrogens with one attached hydrogen (secondary N) is 1. The molecule has 4 nitrogen and oxygen atoms in total. The summed E-state index contributed by atoms with van der Waals surface area (Å²) in [5, 5.41) is 11.4. The van der Waals surface area contributed by atoms with Crippen LogP contribution < -0.4 is 10.1 Å². The first-order valence-electron chi connectivity index (χ1n) is 6.44. The van der Waals surface area contributed by atoms with Gasteiger partial charge in [-0.05, 0) is 23.6 Å². The van der Waals surface area contributed by atoms with Gasteiger partial charge in [0.1, 0.15) is 5.75 Å². The van der Waals surface area contributed by atoms with Gasteiger partial charge in [0.25, 0.3) is 5.91 Å². The maximum atomic E-state index is 12.9. The molecule has 0 aliphatic carbocycles. The van der Waals surface area contributed by atoms with Gasteiger partial charge in [-0.1, -0.05) is 19.9 Å². The van der Waals surface area contributed by atoms with Crippen LogP contribution in [-0.4, -0.2) is 24.2 Å². The highest BCUT2D eigenvalue weighted by molar-refractivity contribution is 5.77. The van der Waals surface area contributed by atoms with E-state index < -0.39 is 36.6 Å². The number of alkyl halides is 3. The Morgan fingerprint density at radius 3 is 2.57 bits per heavy atom. The summed E-state index contributed by atoms with van der Waals surface area (Å²) in [4.78, 5) is 11.4. The minimum Gasteiger partial charge on any atom is -0.483 e. The summed E-state index contributed by atoms with van der Waals surface area (Å²) in [6.07, 6.45) is -4.62. The van der Waals surface area contributed by atoms with E-state index in [0.717, 1.165) is 12.1 Å². The maximum Gasteiger partial charge on any atom is 0.419 e. The van der Waals surface area contributed by atoms with Crippen LogP contribution in [0.25, 0.3) is 0 Å². The van der Waals surface area contributed by atoms with Crippen molar-refractivity contribution >= 4 is 5.91 Å². The second-order valence-corrected chi connectivity index (χ2v) is 4.97. The van der Waals surface area contributed by atoms with E-state index >= 15 is 0 Å². The van der Waals surface area contributed by atoms with Gasteiger partial charge in [0.15, 0.2) is 6.61 Å². The average molecular weight is 305 g/mol. The molecule has 7 heteroatoms. The van der Waals surface area contributed by atoms with Crippen molar-refractivity contribution in [2.24, 2.45) is 5.92 Å². The van der Waals surface area contributed by atoms with E-state index in [0.29, 0.717) is 6.54 Å². The number of carbonyl (C=O) groups is 1. The van der Waals surface area contributed by atoms with E-state index in [1.165, 1.54) is 6.07 Å². The van der Waals surface area contributed by atoms with Crippen LogP contribution >= 0.6 is 0 Å². The number of carbonyl (C=O) groups excluding carboxylic acids is 1. The summed E-state index contributed by atoms with van der Waals surface area (Å²) in [7, 11) is 0. The maximum absolute atomic E-state index is 12.9. The van der Waals surface area contributed by atoms with Crippen molar-refractivity contribution in [3.05, 3.63) is 29.3 Å². The Bertz CT molecular complexity index is 487. The van der Waals surface area contributed by atoms with Crippen molar-refractivity contribution in [3.8, 4) is 5.75 Å². The number of halogens is 3. The van der Waals surface area contributed by atoms with Crippen LogP contribution in [0.3, 0.4) is 0 Å². The van der Waals surface area contributed by atoms with Crippen molar-refractivity contribution in [1.29, 1.82) is 0 Å². The quantitative estimate of drug-likeness (QED) is 0.848. The van der Waals surface area contributed by atoms with E-state index in [2.05, 4.69) is 5.32 Å². The van der Waals surface area contributed by atoms with Crippen LogP contribution in [0.4, 0.5) is 13.2 Å². The molecule has 0 saturated carbocycles. The molecule has 0 aromatic heterocycles. The predicted octanol–water partition coefficient (Wildman–Crippen LogP) is 2.35. The SMILES string of the molecule is CC(C)CNC(=O)COc1ccc(CO)cc1C(F)(F)F. The first kappa shape index (κ1) is 17.3. The van der Waals surface area contributed by atoms with Crippen LogP contribution in [0.15, 0.2) is 18.2 Å². The summed E-state index contributed by atoms with van der Waals surface area (Å²) < 4.78 is 43.6. The van der Waals surface area contributed by atoms with Gasteiger partial charge in [-0.2, -0.15) is 13.2 Å². The highest BCUT2D eigenvalue weighted by Crippen LogP contribution is 2.36. The van der Waals surface area contributed by atoms with Gasteiger partial charge in [0.05, 0.1) is 12.2 Å². The molecule has 0 spiro atoms. The zero-order valence-electron chi connectivity index (χ0n) is 11.8. The van der Waals surface area contributed by atoms with Gasteiger partial charge in [-0.3, -0.25) is 4.79 Å². The zero-order chi connectivity index (χ0) is 16.0. The Hall–Kier alpha value is -1.76. The fourth-order valence-electron chi connectivity index (χ4n) is 1.54. The van der Waals surface area contributed by atoms with E-state index in [4.69, 9.17) is 9.84 Å². The number of hydrogen-bond acceptors (Lipinski definition) is 3. The van der Waals surface area contributed by atoms with Crippen molar-refractivity contribution in [2.75, 3.05) is 13.2 Å². The molecule has 0 radical (unpaired) electrons. The van der Waals surface area contributed by atoms with E-state index in [1.807, 2.05) is 13.8 Å². The zero-order valence-corrected chi connectivity index (χ0v) is 11.8. The van der Waals surface area contributed by atoms with Gasteiger partial charge in [-0.25, -0.2) is 0 Å². The molecule has 0 atom stereocenters. The minimum absolute atomic E-state index is 0.124. The molecule has 118 valence electrons. The lowest BCUT2D eigenvalue weighted by Crippen LogP contribution is -2.32. The number of aliphatic hydroxyl groups is 1. The van der Waals surface area contributed by atoms with Crippen LogP contribution in [0, 0.1) is 5.92 Å². The van der Waals surface area contributed by atoms with E-state index in [-0.39, 0.29) is 11.5 Å². The second kappa shape index (κ2) is 7.31. The van der Waals surface area contributed by atoms with Gasteiger partial charge in [-0.15, -0.1) is 0 Å². The summed E-state index contributed by atoms with van der Waals surface area (Å²) >= 11 is 0. The van der Waals surface area contributed by atoms with E-state index in [9.17, 15) is 18.0 Å². The highest BCUT2D eigenvalue weighted by Gasteiger charge is 2.34. The fourth-order valence-corrected chi connectivity index (χ4v) is 1.54. The molecule has 0 aliphatic heterocycles. The Kier molecular flexibility index (Phi) is 6.02. The van der Waals surface area contributed by atoms with Crippen molar-refractivity contribution < 1.29 is 27.8 Å². The molecule has 1 amide bonds. The molecule has 1 rings (SSSR count). The molecule has 1 aromatic rings. The first-order chi connectivity index (χ1) is 9.74. The van der Waals surface area contributed by atoms with Crippen molar-refractivity contribution in [1.82, 2.24) is 5.32 Å². The first-order valence-corrected chi connectivity index (χ1v) is 6.44. The van der Waals surface area contributed by atoms with Gasteiger partial charge < -0.3 is 15.2 Å². The largest absolute Gasteiger partial charge is 0.483 e. The number of aliphatic hydroxyl groups excluding tert-OH is 1. The summed E-state index contributed by atoms with van der Waals surface area (Å²) in [6.45, 7) is 3.23. The molecule has 0 saturated heterocycles. The Morgan fingerprint density at radius 2 is 2.05 bits per heavy atom. The highest BCUT2D eigenvalue weighted by atomic mass is 19.4. The average Bonchev–Trinajstić information content (AvgIpc) is 2.41. The molecule has 0 heterocycles. The minimum atomic E-state index is -4.62. The summed E-state index contributed by atoms with van der Waals surface area (Å²) in [5.74, 6) is -0.675. The fraction of sp³-hybridized carbons (Fsp3) is 0.500. The number of hydrogen-bond donors (Lipinski definition) is 2. The number of benzene rings is 1. The lowest BCUT2D eigenvalue weighted by atomic mass is 10.1. The summed E-state index contributed by atoms with van der Waals surface area (Å²) in [6, 6.07) is 3.22. The topological polar surface area (TPSA) is 58.6 Å². The van der Waals surface area contributed by atoms with Gasteiger partial charge in [0, 0.05) is 6.54 Å². The standard InChI is InChI=1S/C14H18F3NO3/c1-9(2)6-18-13(20)8-21-12-4-3-10(7-19)5-11(12)14(15,16)17/h3-5,9,19H,6-8H2,1-2H3,(H,18,20). The molecule has 0 unspecified atom stereocenters. The molecular formula is C14H18F3NO3. The molecule has 1 aromatic carbocycles. The van der Waals surface area contributed by atoms with Crippen molar-refractivity contribution in [3.63, 3.8) is 0 Å². The Balaban J connectivity index is 2.77. The number of amides is 1. The Labute approximate surface area is 120 Å². The normalized spacial score (nSPS) is 11.6. The van der Waals surface area contributed by atoms with E-state index in [1.54, 1.807) is 0 Å². The molecule has 0 aliphatic rings. The molecular weight excluding hydrogens is 287 g/mol. The van der Waals surface area contributed by atoms with Crippen LogP contribution in [0.5, 0.6) is 5.75 Å². The second-order valence-electron chi connectivity index (χ2n) is 4.97. The predicted molar refractivity (Wildman–Crippen MR) is 70.7 cm³/mol. The smallest absolute Gasteiger partial charge is 0.419 e. The molecule has 0 fully saturated rings. The lowest BCUT2D eigenvalue weighted by Gasteiger charge is -2.15. The third kappa shape index (κ3) is 5.63. The molecule has 21 heavy (non-hydrogen) atoms. The van der Waals surface area contributed by atoms with Crippen LogP contribution in [0.2, 0.25) is 0 Å². The Morgan fingerprint density at radius 1 is 1.38 bits per heavy atom. The molecule has 0 bridgehead atoms. The van der Waals surface area contributed by atoms with Gasteiger partial charge >= 0.3 is 6.18 Å². The lowest BCUT2D eigenvalue weighted by molar-refractivity contribution is -0.139. The van der Waals surface area contributed by atoms with Crippen LogP contribution in [0.1, 0.15) is 25.0 Å². The van der Waals surface area contributed by atoms with Gasteiger partial charge in [0.2, 0.25) is 0 Å². The monoisotopic (exact) mass is 305 g/mol. The number of rotatable bonds is 6. The number of ether oxygens (including phenoxy) is 1. The third-order valence-electron chi connectivity index (χ3n) is 2.60. The third-order valence-corrected chi connectivity index (χ3v) is 2.60. The molecule has 2 N–H and O–H groups in total. The van der Waals surface area contributed by atoms with Crippen LogP contribution in [-0.2, 0) is 17.6 Å². The van der Waals surface area contributed by atoms with Crippen molar-refractivity contribution in [2.45, 2.75) is 26.6 Å². The summed E-state index contributed by atoms with van der Waals surface area (Å²) in [5.41, 5.74) is -0.885.